The normalized spacial score (nSPS) is 13.3. The Bertz CT molecular complexity index is 451. The van der Waals surface area contributed by atoms with Crippen LogP contribution in [0.5, 0.6) is 0 Å². The molecule has 15 heavy (non-hydrogen) atoms. The first-order chi connectivity index (χ1) is 7.31. The van der Waals surface area contributed by atoms with Crippen LogP contribution in [0.15, 0.2) is 18.2 Å². The summed E-state index contributed by atoms with van der Waals surface area (Å²) in [6.07, 6.45) is 1.54. The van der Waals surface area contributed by atoms with E-state index in [9.17, 15) is 4.79 Å². The quantitative estimate of drug-likeness (QED) is 0.692. The summed E-state index contributed by atoms with van der Waals surface area (Å²) >= 11 is 0. The molecule has 0 unspecified atom stereocenters. The van der Waals surface area contributed by atoms with E-state index in [1.54, 1.807) is 0 Å². The van der Waals surface area contributed by atoms with Gasteiger partial charge in [0.1, 0.15) is 0 Å². The zero-order valence-electron chi connectivity index (χ0n) is 8.76. The largest absolute Gasteiger partial charge is 0.309 e. The molecule has 0 bridgehead atoms. The van der Waals surface area contributed by atoms with Crippen molar-refractivity contribution in [2.24, 2.45) is 0 Å². The van der Waals surface area contributed by atoms with Crippen molar-refractivity contribution >= 4 is 5.78 Å². The average Bonchev–Trinajstić information content (AvgIpc) is 2.61. The van der Waals surface area contributed by atoms with E-state index in [0.717, 1.165) is 17.5 Å². The second-order valence-electron chi connectivity index (χ2n) is 3.63. The lowest BCUT2D eigenvalue weighted by atomic mass is 10.1. The number of carbonyl (C=O) groups is 1. The first-order valence-corrected chi connectivity index (χ1v) is 5.11. The number of nitrogens with one attached hydrogen (secondary N) is 1. The number of hydrogen-bond acceptors (Lipinski definition) is 2. The maximum absolute atomic E-state index is 11.5. The van der Waals surface area contributed by atoms with E-state index in [4.69, 9.17) is 0 Å². The summed E-state index contributed by atoms with van der Waals surface area (Å²) in [5.74, 6) is 6.27. The van der Waals surface area contributed by atoms with E-state index in [1.165, 1.54) is 5.56 Å². The predicted octanol–water partition coefficient (Wildman–Crippen LogP) is 1.39. The van der Waals surface area contributed by atoms with E-state index >= 15 is 0 Å². The fourth-order valence-electron chi connectivity index (χ4n) is 1.75. The minimum Gasteiger partial charge on any atom is -0.309 e. The first kappa shape index (κ1) is 9.95. The summed E-state index contributed by atoms with van der Waals surface area (Å²) in [5.41, 5.74) is 2.96. The molecule has 0 aromatic heterocycles. The van der Waals surface area contributed by atoms with Gasteiger partial charge in [-0.2, -0.15) is 0 Å². The van der Waals surface area contributed by atoms with Gasteiger partial charge in [0.15, 0.2) is 5.78 Å². The molecular formula is C13H13NO. The van der Waals surface area contributed by atoms with E-state index in [1.807, 2.05) is 25.2 Å². The molecule has 0 atom stereocenters. The van der Waals surface area contributed by atoms with Crippen molar-refractivity contribution in [3.8, 4) is 11.8 Å². The minimum absolute atomic E-state index is 0.252. The van der Waals surface area contributed by atoms with E-state index in [0.29, 0.717) is 13.0 Å². The van der Waals surface area contributed by atoms with Crippen LogP contribution in [-0.2, 0) is 6.42 Å². The number of rotatable bonds is 1. The topological polar surface area (TPSA) is 29.1 Å². The monoisotopic (exact) mass is 199 g/mol. The van der Waals surface area contributed by atoms with Crippen LogP contribution >= 0.6 is 0 Å². The molecule has 1 N–H and O–H groups in total. The highest BCUT2D eigenvalue weighted by Gasteiger charge is 2.18. The van der Waals surface area contributed by atoms with E-state index < -0.39 is 0 Å². The van der Waals surface area contributed by atoms with Crippen molar-refractivity contribution in [1.29, 1.82) is 0 Å². The molecule has 1 aliphatic carbocycles. The Kier molecular flexibility index (Phi) is 2.84. The summed E-state index contributed by atoms with van der Waals surface area (Å²) in [4.78, 5) is 11.5. The average molecular weight is 199 g/mol. The number of hydrogen-bond donors (Lipinski definition) is 1. The zero-order valence-corrected chi connectivity index (χ0v) is 8.76. The van der Waals surface area contributed by atoms with Crippen LogP contribution in [0.25, 0.3) is 0 Å². The lowest BCUT2D eigenvalue weighted by molar-refractivity contribution is 0.0994. The molecule has 0 saturated carbocycles. The van der Waals surface area contributed by atoms with Crippen molar-refractivity contribution < 1.29 is 4.79 Å². The molecular weight excluding hydrogens is 186 g/mol. The van der Waals surface area contributed by atoms with Crippen LogP contribution < -0.4 is 5.32 Å². The van der Waals surface area contributed by atoms with Crippen LogP contribution in [-0.4, -0.2) is 19.4 Å². The third-order valence-electron chi connectivity index (χ3n) is 2.53. The van der Waals surface area contributed by atoms with Gasteiger partial charge in [-0.1, -0.05) is 17.9 Å². The number of benzene rings is 1. The number of ketones is 1. The SMILES string of the molecule is CNCC#Cc1ccc2c(c1)C(=O)CC2. The highest BCUT2D eigenvalue weighted by atomic mass is 16.1. The van der Waals surface area contributed by atoms with Gasteiger partial charge < -0.3 is 5.32 Å². The fourth-order valence-corrected chi connectivity index (χ4v) is 1.75. The molecule has 0 heterocycles. The standard InChI is InChI=1S/C13H13NO/c1-14-8-2-3-10-4-5-11-6-7-13(15)12(11)9-10/h4-5,9,14H,6-8H2,1H3. The van der Waals surface area contributed by atoms with Crippen molar-refractivity contribution in [2.75, 3.05) is 13.6 Å². The molecule has 1 aromatic rings. The van der Waals surface area contributed by atoms with Crippen molar-refractivity contribution in [3.63, 3.8) is 0 Å². The zero-order chi connectivity index (χ0) is 10.7. The summed E-state index contributed by atoms with van der Waals surface area (Å²) in [5, 5.41) is 2.96. The number of fused-ring (bicyclic) bond motifs is 1. The maximum atomic E-state index is 11.5. The van der Waals surface area contributed by atoms with Crippen LogP contribution in [0.4, 0.5) is 0 Å². The Morgan fingerprint density at radius 3 is 3.07 bits per heavy atom. The van der Waals surface area contributed by atoms with Crippen molar-refractivity contribution in [1.82, 2.24) is 5.32 Å². The fraction of sp³-hybridized carbons (Fsp3) is 0.308. The highest BCUT2D eigenvalue weighted by molar-refractivity contribution is 6.00. The third kappa shape index (κ3) is 2.08. The van der Waals surface area contributed by atoms with E-state index in [-0.39, 0.29) is 5.78 Å². The van der Waals surface area contributed by atoms with Crippen molar-refractivity contribution in [2.45, 2.75) is 12.8 Å². The lowest BCUT2D eigenvalue weighted by Gasteiger charge is -1.97. The minimum atomic E-state index is 0.252. The van der Waals surface area contributed by atoms with Gasteiger partial charge in [0.2, 0.25) is 0 Å². The van der Waals surface area contributed by atoms with Crippen molar-refractivity contribution in [3.05, 3.63) is 34.9 Å². The molecule has 2 nitrogen and oxygen atoms in total. The Balaban J connectivity index is 2.27. The van der Waals surface area contributed by atoms with Gasteiger partial charge in [-0.05, 0) is 31.2 Å². The molecule has 2 heteroatoms. The molecule has 0 aliphatic heterocycles. The number of aryl methyl sites for hydroxylation is 1. The van der Waals surface area contributed by atoms with Gasteiger partial charge >= 0.3 is 0 Å². The molecule has 2 rings (SSSR count). The molecule has 76 valence electrons. The predicted molar refractivity (Wildman–Crippen MR) is 59.9 cm³/mol. The lowest BCUT2D eigenvalue weighted by Crippen LogP contribution is -2.04. The summed E-state index contributed by atoms with van der Waals surface area (Å²) in [6.45, 7) is 0.672. The third-order valence-corrected chi connectivity index (χ3v) is 2.53. The van der Waals surface area contributed by atoms with E-state index in [2.05, 4.69) is 17.2 Å². The van der Waals surface area contributed by atoms with Gasteiger partial charge in [-0.25, -0.2) is 0 Å². The van der Waals surface area contributed by atoms with Gasteiger partial charge in [-0.3, -0.25) is 4.79 Å². The molecule has 0 amide bonds. The summed E-state index contributed by atoms with van der Waals surface area (Å²) < 4.78 is 0. The van der Waals surface area contributed by atoms with Crippen LogP contribution in [0.1, 0.15) is 27.9 Å². The van der Waals surface area contributed by atoms with Gasteiger partial charge in [0, 0.05) is 17.5 Å². The smallest absolute Gasteiger partial charge is 0.163 e. The molecule has 0 radical (unpaired) electrons. The molecule has 1 aliphatic rings. The van der Waals surface area contributed by atoms with Gasteiger partial charge in [0.05, 0.1) is 6.54 Å². The summed E-state index contributed by atoms with van der Waals surface area (Å²) in [7, 11) is 1.86. The Morgan fingerprint density at radius 2 is 2.27 bits per heavy atom. The van der Waals surface area contributed by atoms with Crippen LogP contribution in [0, 0.1) is 11.8 Å². The highest BCUT2D eigenvalue weighted by Crippen LogP contribution is 2.22. The van der Waals surface area contributed by atoms with Gasteiger partial charge in [0.25, 0.3) is 0 Å². The summed E-state index contributed by atoms with van der Waals surface area (Å²) in [6, 6.07) is 5.91. The second kappa shape index (κ2) is 4.29. The second-order valence-corrected chi connectivity index (χ2v) is 3.63. The maximum Gasteiger partial charge on any atom is 0.163 e. The Labute approximate surface area is 89.7 Å². The van der Waals surface area contributed by atoms with Crippen LogP contribution in [0.3, 0.4) is 0 Å². The Morgan fingerprint density at radius 1 is 1.40 bits per heavy atom. The van der Waals surface area contributed by atoms with Crippen LogP contribution in [0.2, 0.25) is 0 Å². The van der Waals surface area contributed by atoms with Gasteiger partial charge in [-0.15, -0.1) is 0 Å². The molecule has 0 saturated heterocycles. The Hall–Kier alpha value is -1.59. The molecule has 0 spiro atoms. The number of Topliss-reactive ketones (excluding diaryl/α,β-unsaturated/α-hetero) is 1. The molecule has 1 aromatic carbocycles. The molecule has 0 fully saturated rings. The first-order valence-electron chi connectivity index (χ1n) is 5.11. The number of carbonyl (C=O) groups excluding carboxylic acids is 1.